The molecule has 2 saturated heterocycles. The van der Waals surface area contributed by atoms with Crippen molar-refractivity contribution in [2.24, 2.45) is 10.8 Å². The minimum absolute atomic E-state index is 0.00185. The molecule has 0 aliphatic carbocycles. The normalized spacial score (nSPS) is 19.2. The first-order valence-corrected chi connectivity index (χ1v) is 13.9. The van der Waals surface area contributed by atoms with Crippen LogP contribution in [0, 0.1) is 10.8 Å². The Hall–Kier alpha value is -3.14. The van der Waals surface area contributed by atoms with Gasteiger partial charge in [0.15, 0.2) is 11.6 Å². The summed E-state index contributed by atoms with van der Waals surface area (Å²) < 4.78 is 6.36. The molecule has 1 amide bonds. The largest absolute Gasteiger partial charge is 0.424 e. The molecule has 9 nitrogen and oxygen atoms in total. The molecule has 210 valence electrons. The summed E-state index contributed by atoms with van der Waals surface area (Å²) in [4.78, 5) is 28.5. The van der Waals surface area contributed by atoms with Crippen molar-refractivity contribution in [1.82, 2.24) is 20.3 Å². The highest BCUT2D eigenvalue weighted by molar-refractivity contribution is 6.67. The highest BCUT2D eigenvalue weighted by Crippen LogP contribution is 2.45. The molecule has 10 heteroatoms. The molecule has 2 aliphatic heterocycles. The molecule has 0 saturated carbocycles. The first-order chi connectivity index (χ1) is 18.1. The number of hydrogen-bond acceptors (Lipinski definition) is 8. The fraction of sp³-hybridized carbons (Fsp3) is 0.586. The molecule has 4 N–H and O–H groups in total. The summed E-state index contributed by atoms with van der Waals surface area (Å²) in [6, 6.07) is 4.16. The highest BCUT2D eigenvalue weighted by Gasteiger charge is 2.50. The van der Waals surface area contributed by atoms with Gasteiger partial charge in [0.05, 0.1) is 22.6 Å². The van der Waals surface area contributed by atoms with Gasteiger partial charge in [-0.3, -0.25) is 9.78 Å². The van der Waals surface area contributed by atoms with Crippen molar-refractivity contribution in [2.75, 3.05) is 29.0 Å². The van der Waals surface area contributed by atoms with E-state index >= 15 is 0 Å². The molecule has 2 aliphatic rings. The molecule has 2 fully saturated rings. The maximum atomic E-state index is 12.4. The Balaban J connectivity index is 1.44. The lowest BCUT2D eigenvalue weighted by Gasteiger charge is -2.35. The first kappa shape index (κ1) is 28.9. The number of aromatic nitrogens is 3. The maximum absolute atomic E-state index is 12.4. The quantitative estimate of drug-likeness (QED) is 0.456. The number of nitrogens with two attached hydrogens (primary N) is 1. The zero-order valence-electron chi connectivity index (χ0n) is 24.6. The molecular formula is C29H44BN7O2. The molecule has 2 aromatic heterocycles. The molecule has 0 unspecified atom stereocenters. The molecule has 0 spiro atoms. The fourth-order valence-corrected chi connectivity index (χ4v) is 5.20. The summed E-state index contributed by atoms with van der Waals surface area (Å²) in [5.74, 6) is 1.11. The second kappa shape index (κ2) is 10.8. The van der Waals surface area contributed by atoms with Gasteiger partial charge in [0, 0.05) is 37.9 Å². The number of hydrogen-bond donors (Lipinski definition) is 3. The number of carbonyl (C=O) groups excluding carboxylic acids is 1. The predicted octanol–water partition coefficient (Wildman–Crippen LogP) is 4.09. The zero-order valence-corrected chi connectivity index (χ0v) is 24.6. The van der Waals surface area contributed by atoms with Crippen LogP contribution in [-0.2, 0) is 9.45 Å². The lowest BCUT2D eigenvalue weighted by Crippen LogP contribution is -2.45. The van der Waals surface area contributed by atoms with E-state index in [-0.39, 0.29) is 35.3 Å². The molecule has 0 atom stereocenters. The topological polar surface area (TPSA) is 118 Å². The van der Waals surface area contributed by atoms with Gasteiger partial charge in [0.2, 0.25) is 5.91 Å². The number of nitrogen functional groups attached to an aromatic ring is 1. The van der Waals surface area contributed by atoms with Crippen LogP contribution < -0.4 is 26.9 Å². The van der Waals surface area contributed by atoms with Crippen molar-refractivity contribution in [1.29, 1.82) is 0 Å². The highest BCUT2D eigenvalue weighted by atomic mass is 16.5. The van der Waals surface area contributed by atoms with Crippen LogP contribution in [0.1, 0.15) is 73.4 Å². The van der Waals surface area contributed by atoms with E-state index in [4.69, 9.17) is 15.4 Å². The number of amides is 1. The Bertz CT molecular complexity index is 1200. The molecule has 4 heterocycles. The average Bonchev–Trinajstić information content (AvgIpc) is 3.05. The number of nitrogens with one attached hydrogen (secondary N) is 2. The fourth-order valence-electron chi connectivity index (χ4n) is 5.20. The summed E-state index contributed by atoms with van der Waals surface area (Å²) in [7, 11) is 0. The predicted molar refractivity (Wildman–Crippen MR) is 160 cm³/mol. The number of anilines is 3. The summed E-state index contributed by atoms with van der Waals surface area (Å²) in [5.41, 5.74) is 8.70. The van der Waals surface area contributed by atoms with Crippen LogP contribution >= 0.6 is 0 Å². The third-order valence-electron chi connectivity index (χ3n) is 8.14. The Kier molecular flexibility index (Phi) is 7.99. The van der Waals surface area contributed by atoms with Gasteiger partial charge in [-0.15, -0.1) is 0 Å². The van der Waals surface area contributed by atoms with Crippen LogP contribution in [-0.4, -0.2) is 52.5 Å². The molecule has 0 bridgehead atoms. The van der Waals surface area contributed by atoms with Crippen LogP contribution in [0.4, 0.5) is 17.3 Å². The van der Waals surface area contributed by atoms with E-state index < -0.39 is 0 Å². The average molecular weight is 534 g/mol. The second-order valence-electron chi connectivity index (χ2n) is 13.3. The third kappa shape index (κ3) is 6.72. The van der Waals surface area contributed by atoms with Crippen molar-refractivity contribution in [2.45, 2.75) is 85.7 Å². The Morgan fingerprint density at radius 3 is 2.54 bits per heavy atom. The van der Waals surface area contributed by atoms with Gasteiger partial charge < -0.3 is 25.9 Å². The van der Waals surface area contributed by atoms with Crippen molar-refractivity contribution < 1.29 is 9.45 Å². The van der Waals surface area contributed by atoms with Gasteiger partial charge in [0.25, 0.3) is 0 Å². The van der Waals surface area contributed by atoms with Crippen molar-refractivity contribution >= 4 is 41.4 Å². The number of rotatable bonds is 7. The molecular weight excluding hydrogens is 489 g/mol. The monoisotopic (exact) mass is 533 g/mol. The first-order valence-electron chi connectivity index (χ1n) is 13.9. The standard InChI is InChI=1S/C29H44BN7O2/c1-19(24-25(31)33-17-22(36-24)30-18-28(5,6)29(7,8)39-30)34-26-21(10-9-13-32-26)37-14-11-20(12-15-37)35-23(38)16-27(2,3)4/h9-10,13,17,20H,1,11-12,14-16,18H2,2-8H3,(H2,31,33)(H,32,34)(H,35,38). The lowest BCUT2D eigenvalue weighted by molar-refractivity contribution is -0.123. The number of pyridine rings is 1. The van der Waals surface area contributed by atoms with E-state index in [1.54, 1.807) is 12.4 Å². The van der Waals surface area contributed by atoms with Crippen molar-refractivity contribution in [3.63, 3.8) is 0 Å². The van der Waals surface area contributed by atoms with Crippen LogP contribution in [0.25, 0.3) is 5.70 Å². The van der Waals surface area contributed by atoms with Gasteiger partial charge in [-0.05, 0) is 56.0 Å². The van der Waals surface area contributed by atoms with Crippen LogP contribution in [0.3, 0.4) is 0 Å². The van der Waals surface area contributed by atoms with E-state index in [9.17, 15) is 4.79 Å². The lowest BCUT2D eigenvalue weighted by atomic mass is 9.56. The SMILES string of the molecule is C=C(Nc1ncccc1N1CCC(NC(=O)CC(C)(C)C)CC1)c1nc(B2CC(C)(C)C(C)(C)O2)cnc1N. The minimum atomic E-state index is -0.276. The van der Waals surface area contributed by atoms with Crippen LogP contribution in [0.2, 0.25) is 6.32 Å². The van der Waals surface area contributed by atoms with Crippen molar-refractivity contribution in [3.05, 3.63) is 36.8 Å². The minimum Gasteiger partial charge on any atom is -0.424 e. The second-order valence-corrected chi connectivity index (χ2v) is 13.3. The Labute approximate surface area is 233 Å². The molecule has 0 radical (unpaired) electrons. The van der Waals surface area contributed by atoms with Gasteiger partial charge in [-0.2, -0.15) is 0 Å². The molecule has 0 aromatic carbocycles. The van der Waals surface area contributed by atoms with Crippen LogP contribution in [0.5, 0.6) is 0 Å². The summed E-state index contributed by atoms with van der Waals surface area (Å²) in [6.07, 6.45) is 6.57. The number of nitrogens with zero attached hydrogens (tertiary/aromatic N) is 4. The molecule has 39 heavy (non-hydrogen) atoms. The summed E-state index contributed by atoms with van der Waals surface area (Å²) in [6.45, 7) is 20.6. The van der Waals surface area contributed by atoms with Gasteiger partial charge in [-0.25, -0.2) is 9.97 Å². The summed E-state index contributed by atoms with van der Waals surface area (Å²) in [5, 5.41) is 6.55. The van der Waals surface area contributed by atoms with E-state index in [2.05, 4.69) is 80.5 Å². The summed E-state index contributed by atoms with van der Waals surface area (Å²) >= 11 is 0. The number of piperidine rings is 1. The number of carbonyl (C=O) groups is 1. The van der Waals surface area contributed by atoms with E-state index in [1.165, 1.54) is 0 Å². The molecule has 4 rings (SSSR count). The van der Waals surface area contributed by atoms with Crippen LogP contribution in [0.15, 0.2) is 31.1 Å². The third-order valence-corrected chi connectivity index (χ3v) is 8.14. The van der Waals surface area contributed by atoms with E-state index in [0.29, 0.717) is 29.4 Å². The molecule has 2 aromatic rings. The smallest absolute Gasteiger partial charge is 0.349 e. The maximum Gasteiger partial charge on any atom is 0.349 e. The Morgan fingerprint density at radius 2 is 1.92 bits per heavy atom. The van der Waals surface area contributed by atoms with Gasteiger partial charge >= 0.3 is 6.92 Å². The van der Waals surface area contributed by atoms with E-state index in [1.807, 2.05) is 12.1 Å². The van der Waals surface area contributed by atoms with E-state index in [0.717, 1.165) is 43.5 Å². The van der Waals surface area contributed by atoms with Crippen molar-refractivity contribution in [3.8, 4) is 0 Å². The van der Waals surface area contributed by atoms with Gasteiger partial charge in [-0.1, -0.05) is 41.2 Å². The van der Waals surface area contributed by atoms with Gasteiger partial charge in [0.1, 0.15) is 5.69 Å². The zero-order chi connectivity index (χ0) is 28.6. The Morgan fingerprint density at radius 1 is 1.23 bits per heavy atom.